The van der Waals surface area contributed by atoms with Gasteiger partial charge in [-0.1, -0.05) is 145 Å². The molecule has 7 aromatic carbocycles. The number of nitrogens with zero attached hydrogens (tertiary/aromatic N) is 1. The summed E-state index contributed by atoms with van der Waals surface area (Å²) in [6.45, 7) is 14.2. The molecule has 0 saturated carbocycles. The van der Waals surface area contributed by atoms with Crippen LogP contribution in [0.25, 0.3) is 55.3 Å². The van der Waals surface area contributed by atoms with Gasteiger partial charge in [0.25, 0.3) is 0 Å². The summed E-state index contributed by atoms with van der Waals surface area (Å²) in [6, 6.07) is 52.1. The van der Waals surface area contributed by atoms with E-state index in [2.05, 4.69) is 186 Å². The number of para-hydroxylation sites is 1. The van der Waals surface area contributed by atoms with Crippen LogP contribution in [0.1, 0.15) is 74.9 Å². The van der Waals surface area contributed by atoms with Crippen molar-refractivity contribution in [3.05, 3.63) is 173 Å². The van der Waals surface area contributed by atoms with Crippen LogP contribution in [0.15, 0.2) is 144 Å². The Morgan fingerprint density at radius 2 is 0.849 bits per heavy atom. The molecule has 0 amide bonds. The van der Waals surface area contributed by atoms with Crippen molar-refractivity contribution in [2.24, 2.45) is 0 Å². The van der Waals surface area contributed by atoms with Gasteiger partial charge in [0.15, 0.2) is 5.58 Å². The van der Waals surface area contributed by atoms with Crippen molar-refractivity contribution in [2.45, 2.75) is 57.8 Å². The topological polar surface area (TPSA) is 16.4 Å². The second-order valence-corrected chi connectivity index (χ2v) is 16.9. The molecule has 0 bridgehead atoms. The summed E-state index contributed by atoms with van der Waals surface area (Å²) >= 11 is 0. The van der Waals surface area contributed by atoms with E-state index in [-0.39, 0.29) is 16.2 Å². The van der Waals surface area contributed by atoms with E-state index in [4.69, 9.17) is 4.42 Å². The van der Waals surface area contributed by atoms with Crippen LogP contribution in [-0.4, -0.2) is 0 Å². The fraction of sp³-hybridized carbons (Fsp3) is 0.176. The lowest BCUT2D eigenvalue weighted by Crippen LogP contribution is -2.19. The maximum Gasteiger partial charge on any atom is 0.160 e. The first-order valence-electron chi connectivity index (χ1n) is 18.9. The molecule has 53 heavy (non-hydrogen) atoms. The molecule has 0 atom stereocenters. The van der Waals surface area contributed by atoms with Crippen LogP contribution < -0.4 is 4.90 Å². The van der Waals surface area contributed by atoms with E-state index < -0.39 is 0 Å². The first-order chi connectivity index (χ1) is 25.6. The van der Waals surface area contributed by atoms with Gasteiger partial charge in [-0.15, -0.1) is 0 Å². The van der Waals surface area contributed by atoms with Gasteiger partial charge >= 0.3 is 0 Å². The summed E-state index contributed by atoms with van der Waals surface area (Å²) in [5.74, 6) is 0. The van der Waals surface area contributed by atoms with Crippen LogP contribution in [0.5, 0.6) is 0 Å². The molecule has 1 heterocycles. The minimum absolute atomic E-state index is 0.142. The van der Waals surface area contributed by atoms with Crippen LogP contribution >= 0.6 is 0 Å². The van der Waals surface area contributed by atoms with Crippen molar-refractivity contribution in [3.63, 3.8) is 0 Å². The van der Waals surface area contributed by atoms with Crippen molar-refractivity contribution >= 4 is 39.0 Å². The largest absolute Gasteiger partial charge is 0.454 e. The molecule has 0 radical (unpaired) electrons. The molecular weight excluding hydrogens is 643 g/mol. The normalized spacial score (nSPS) is 16.2. The van der Waals surface area contributed by atoms with Crippen molar-refractivity contribution in [2.75, 3.05) is 4.90 Å². The highest BCUT2D eigenvalue weighted by atomic mass is 16.3. The summed E-state index contributed by atoms with van der Waals surface area (Å²) in [6.07, 6.45) is 0. The van der Waals surface area contributed by atoms with Crippen molar-refractivity contribution in [3.8, 4) is 33.4 Å². The van der Waals surface area contributed by atoms with Gasteiger partial charge < -0.3 is 9.32 Å². The van der Waals surface area contributed by atoms with E-state index in [1.54, 1.807) is 0 Å². The first-order valence-corrected chi connectivity index (χ1v) is 18.9. The van der Waals surface area contributed by atoms with Crippen LogP contribution in [-0.2, 0) is 16.2 Å². The molecule has 0 N–H and O–H groups in total. The lowest BCUT2D eigenvalue weighted by Gasteiger charge is -2.31. The zero-order valence-corrected chi connectivity index (χ0v) is 31.1. The highest BCUT2D eigenvalue weighted by molar-refractivity contribution is 6.16. The molecule has 0 unspecified atom stereocenters. The zero-order chi connectivity index (χ0) is 36.0. The fourth-order valence-corrected chi connectivity index (χ4v) is 10.3. The highest BCUT2D eigenvalue weighted by Crippen LogP contribution is 2.59. The molecule has 0 fully saturated rings. The molecule has 1 aromatic heterocycles. The van der Waals surface area contributed by atoms with Crippen LogP contribution in [0, 0.1) is 0 Å². The van der Waals surface area contributed by atoms with E-state index in [1.165, 1.54) is 66.8 Å². The Bertz CT molecular complexity index is 2770. The second kappa shape index (κ2) is 10.2. The first kappa shape index (κ1) is 30.7. The van der Waals surface area contributed by atoms with Crippen molar-refractivity contribution in [1.82, 2.24) is 0 Å². The molecule has 3 aliphatic carbocycles. The molecule has 8 aromatic rings. The quantitative estimate of drug-likeness (QED) is 0.184. The Kier molecular flexibility index (Phi) is 5.90. The minimum Gasteiger partial charge on any atom is -0.454 e. The summed E-state index contributed by atoms with van der Waals surface area (Å²) in [5.41, 5.74) is 20.7. The zero-order valence-electron chi connectivity index (χ0n) is 31.1. The minimum atomic E-state index is -0.192. The average Bonchev–Trinajstić information content (AvgIpc) is 3.81. The molecule has 0 saturated heterocycles. The number of hydrogen-bond donors (Lipinski definition) is 0. The summed E-state index contributed by atoms with van der Waals surface area (Å²) in [7, 11) is 0. The number of benzene rings is 7. The number of furan rings is 1. The number of fused-ring (bicyclic) bond motifs is 12. The Labute approximate surface area is 311 Å². The van der Waals surface area contributed by atoms with Crippen molar-refractivity contribution < 1.29 is 4.42 Å². The number of rotatable bonds is 3. The molecule has 3 aliphatic rings. The van der Waals surface area contributed by atoms with Gasteiger partial charge in [0.2, 0.25) is 0 Å². The third-order valence-electron chi connectivity index (χ3n) is 13.1. The molecule has 256 valence electrons. The van der Waals surface area contributed by atoms with Gasteiger partial charge in [-0.3, -0.25) is 0 Å². The van der Waals surface area contributed by atoms with Gasteiger partial charge in [-0.2, -0.15) is 0 Å². The predicted octanol–water partition coefficient (Wildman–Crippen LogP) is 14.0. The van der Waals surface area contributed by atoms with E-state index in [1.807, 2.05) is 0 Å². The van der Waals surface area contributed by atoms with Crippen molar-refractivity contribution in [1.29, 1.82) is 0 Å². The fourth-order valence-electron chi connectivity index (χ4n) is 10.3. The van der Waals surface area contributed by atoms with E-state index in [0.29, 0.717) is 0 Å². The summed E-state index contributed by atoms with van der Waals surface area (Å²) < 4.78 is 7.04. The third-order valence-corrected chi connectivity index (χ3v) is 13.1. The van der Waals surface area contributed by atoms with Gasteiger partial charge in [-0.05, 0) is 97.6 Å². The highest BCUT2D eigenvalue weighted by Gasteiger charge is 2.42. The SMILES string of the molecule is CC1(C)c2ccccc2-c2ccc(N(c3ccc4c(c3)C(C)(C)c3ccccc3-4)c3c4c(cc5c3oc3ccccc35)C(C)(C)c3ccccc3-4)cc21. The Morgan fingerprint density at radius 3 is 1.43 bits per heavy atom. The van der Waals surface area contributed by atoms with Crippen LogP contribution in [0.3, 0.4) is 0 Å². The summed E-state index contributed by atoms with van der Waals surface area (Å²) in [5, 5.41) is 2.30. The maximum atomic E-state index is 7.04. The smallest absolute Gasteiger partial charge is 0.160 e. The Morgan fingerprint density at radius 1 is 0.396 bits per heavy atom. The van der Waals surface area contributed by atoms with E-state index in [0.717, 1.165) is 39.0 Å². The standard InChI is InChI=1S/C51H41NO/c1-49(2)39-19-11-7-15-32(39)34-25-23-30(27-42(34)49)52(31-24-26-35-33-16-8-12-20-40(33)50(3,4)43(35)28-31)47-46-37-18-9-13-21-41(37)51(5,6)44(46)29-38-36-17-10-14-22-45(36)53-48(38)47/h7-29H,1-6H3. The van der Waals surface area contributed by atoms with E-state index in [9.17, 15) is 0 Å². The maximum absolute atomic E-state index is 7.04. The number of hydrogen-bond acceptors (Lipinski definition) is 2. The second-order valence-electron chi connectivity index (χ2n) is 16.9. The van der Waals surface area contributed by atoms with Gasteiger partial charge in [0.05, 0.1) is 5.69 Å². The molecular formula is C51H41NO. The Hall–Kier alpha value is -5.86. The van der Waals surface area contributed by atoms with Crippen LogP contribution in [0.4, 0.5) is 17.1 Å². The molecule has 11 rings (SSSR count). The molecule has 0 aliphatic heterocycles. The van der Waals surface area contributed by atoms with Gasteiger partial charge in [0.1, 0.15) is 5.58 Å². The van der Waals surface area contributed by atoms with Gasteiger partial charge in [-0.25, -0.2) is 0 Å². The molecule has 2 nitrogen and oxygen atoms in total. The van der Waals surface area contributed by atoms with Crippen LogP contribution in [0.2, 0.25) is 0 Å². The number of anilines is 3. The summed E-state index contributed by atoms with van der Waals surface area (Å²) in [4.78, 5) is 2.53. The van der Waals surface area contributed by atoms with Gasteiger partial charge in [0, 0.05) is 44.0 Å². The lowest BCUT2D eigenvalue weighted by atomic mass is 9.81. The Balaban J connectivity index is 1.27. The monoisotopic (exact) mass is 683 g/mol. The molecule has 2 heteroatoms. The lowest BCUT2D eigenvalue weighted by molar-refractivity contribution is 0.657. The average molecular weight is 684 g/mol. The van der Waals surface area contributed by atoms with E-state index >= 15 is 0 Å². The third kappa shape index (κ3) is 3.88. The molecule has 0 spiro atoms. The predicted molar refractivity (Wildman–Crippen MR) is 221 cm³/mol.